The van der Waals surface area contributed by atoms with Gasteiger partial charge in [-0.1, -0.05) is 6.07 Å². The van der Waals surface area contributed by atoms with Crippen LogP contribution in [0, 0.1) is 6.92 Å². The average molecular weight is 378 g/mol. The third-order valence-electron chi connectivity index (χ3n) is 4.04. The van der Waals surface area contributed by atoms with E-state index in [1.54, 1.807) is 44.4 Å². The second kappa shape index (κ2) is 7.43. The lowest BCUT2D eigenvalue weighted by Crippen LogP contribution is -2.15. The number of nitrogens with one attached hydrogen (secondary N) is 2. The van der Waals surface area contributed by atoms with Crippen molar-refractivity contribution in [2.75, 3.05) is 24.5 Å². The molecule has 3 aromatic rings. The van der Waals surface area contributed by atoms with Crippen LogP contribution in [0.2, 0.25) is 0 Å². The fraction of sp³-hybridized carbons (Fsp3) is 0.150. The quantitative estimate of drug-likeness (QED) is 0.701. The first-order valence-electron chi connectivity index (χ1n) is 8.58. The zero-order chi connectivity index (χ0) is 19.5. The highest BCUT2D eigenvalue weighted by atomic mass is 16.7. The molecule has 1 aromatic heterocycles. The normalized spacial score (nSPS) is 11.8. The zero-order valence-corrected chi connectivity index (χ0v) is 15.4. The summed E-state index contributed by atoms with van der Waals surface area (Å²) in [5.41, 5.74) is 1.63. The van der Waals surface area contributed by atoms with Crippen LogP contribution in [0.1, 0.15) is 16.3 Å². The maximum absolute atomic E-state index is 12.6. The van der Waals surface area contributed by atoms with Crippen LogP contribution in [-0.2, 0) is 0 Å². The lowest BCUT2D eigenvalue weighted by atomic mass is 10.2. The zero-order valence-electron chi connectivity index (χ0n) is 15.4. The molecule has 28 heavy (non-hydrogen) atoms. The number of amides is 1. The van der Waals surface area contributed by atoms with Crippen LogP contribution in [0.4, 0.5) is 17.2 Å². The molecule has 2 N–H and O–H groups in total. The molecule has 0 fully saturated rings. The van der Waals surface area contributed by atoms with Gasteiger partial charge in [0.25, 0.3) is 5.91 Å². The fourth-order valence-corrected chi connectivity index (χ4v) is 2.77. The number of nitrogens with zero attached hydrogens (tertiary/aromatic N) is 2. The van der Waals surface area contributed by atoms with Crippen molar-refractivity contribution in [2.24, 2.45) is 0 Å². The summed E-state index contributed by atoms with van der Waals surface area (Å²) in [6, 6.07) is 14.2. The Balaban J connectivity index is 1.53. The Kier molecular flexibility index (Phi) is 4.67. The molecule has 0 aliphatic carbocycles. The predicted octanol–water partition coefficient (Wildman–Crippen LogP) is 3.52. The Hall–Kier alpha value is -3.81. The molecule has 0 spiro atoms. The minimum absolute atomic E-state index is 0.208. The number of hydrogen-bond donors (Lipinski definition) is 2. The summed E-state index contributed by atoms with van der Waals surface area (Å²) in [6.45, 7) is 1.94. The van der Waals surface area contributed by atoms with Crippen LogP contribution in [0.5, 0.6) is 17.2 Å². The summed E-state index contributed by atoms with van der Waals surface area (Å²) in [6.07, 6.45) is 0. The molecule has 1 amide bonds. The third-order valence-corrected chi connectivity index (χ3v) is 4.04. The molecule has 0 radical (unpaired) electrons. The lowest BCUT2D eigenvalue weighted by Gasteiger charge is -2.10. The molecule has 1 aliphatic rings. The van der Waals surface area contributed by atoms with Crippen molar-refractivity contribution in [2.45, 2.75) is 6.92 Å². The first-order chi connectivity index (χ1) is 13.6. The van der Waals surface area contributed by atoms with E-state index in [2.05, 4.69) is 20.6 Å². The number of hydrogen-bond acceptors (Lipinski definition) is 7. The van der Waals surface area contributed by atoms with Gasteiger partial charge in [-0.15, -0.1) is 0 Å². The largest absolute Gasteiger partial charge is 0.497 e. The number of methoxy groups -OCH3 is 1. The third kappa shape index (κ3) is 3.80. The van der Waals surface area contributed by atoms with Crippen molar-refractivity contribution < 1.29 is 19.0 Å². The van der Waals surface area contributed by atoms with E-state index in [4.69, 9.17) is 14.2 Å². The molecule has 0 unspecified atom stereocenters. The summed E-state index contributed by atoms with van der Waals surface area (Å²) in [5.74, 6) is 2.65. The summed E-state index contributed by atoms with van der Waals surface area (Å²) < 4.78 is 15.9. The van der Waals surface area contributed by atoms with E-state index < -0.39 is 0 Å². The monoisotopic (exact) mass is 378 g/mol. The number of ether oxygens (including phenoxy) is 3. The van der Waals surface area contributed by atoms with Crippen LogP contribution >= 0.6 is 0 Å². The van der Waals surface area contributed by atoms with E-state index in [0.717, 1.165) is 5.69 Å². The number of fused-ring (bicyclic) bond motifs is 1. The van der Waals surface area contributed by atoms with Gasteiger partial charge in [0.1, 0.15) is 23.1 Å². The van der Waals surface area contributed by atoms with Crippen molar-refractivity contribution in [3.05, 3.63) is 60.0 Å². The maximum Gasteiger partial charge on any atom is 0.274 e. The highest BCUT2D eigenvalue weighted by Crippen LogP contribution is 2.35. The van der Waals surface area contributed by atoms with Crippen molar-refractivity contribution in [1.82, 2.24) is 9.97 Å². The molecule has 0 saturated carbocycles. The van der Waals surface area contributed by atoms with Gasteiger partial charge >= 0.3 is 0 Å². The summed E-state index contributed by atoms with van der Waals surface area (Å²) in [5, 5.41) is 5.98. The summed E-state index contributed by atoms with van der Waals surface area (Å²) in [7, 11) is 1.57. The number of aryl methyl sites for hydroxylation is 1. The standard InChI is InChI=1S/C20H18N4O4/c1-12-21-16(20(25)24-13-4-3-5-15(8-13)26-2)10-19(22-12)23-14-6-7-17-18(9-14)28-11-27-17/h3-10H,11H2,1-2H3,(H,24,25)(H,21,22,23). The number of rotatable bonds is 5. The molecular weight excluding hydrogens is 360 g/mol. The lowest BCUT2D eigenvalue weighted by molar-refractivity contribution is 0.102. The molecule has 2 heterocycles. The van der Waals surface area contributed by atoms with Crippen molar-refractivity contribution in [3.8, 4) is 17.2 Å². The van der Waals surface area contributed by atoms with Gasteiger partial charge in [0.05, 0.1) is 7.11 Å². The fourth-order valence-electron chi connectivity index (χ4n) is 2.77. The summed E-state index contributed by atoms with van der Waals surface area (Å²) >= 11 is 0. The highest BCUT2D eigenvalue weighted by Gasteiger charge is 2.15. The average Bonchev–Trinajstić information content (AvgIpc) is 3.15. The van der Waals surface area contributed by atoms with Crippen molar-refractivity contribution in [1.29, 1.82) is 0 Å². The predicted molar refractivity (Wildman–Crippen MR) is 104 cm³/mol. The van der Waals surface area contributed by atoms with Crippen LogP contribution in [0.3, 0.4) is 0 Å². The van der Waals surface area contributed by atoms with E-state index in [0.29, 0.717) is 34.6 Å². The number of carbonyl (C=O) groups excluding carboxylic acids is 1. The van der Waals surface area contributed by atoms with Gasteiger partial charge in [-0.2, -0.15) is 0 Å². The van der Waals surface area contributed by atoms with Crippen LogP contribution in [-0.4, -0.2) is 29.8 Å². The van der Waals surface area contributed by atoms with E-state index in [-0.39, 0.29) is 18.4 Å². The minimum Gasteiger partial charge on any atom is -0.497 e. The van der Waals surface area contributed by atoms with Gasteiger partial charge in [-0.05, 0) is 31.2 Å². The Morgan fingerprint density at radius 3 is 2.75 bits per heavy atom. The maximum atomic E-state index is 12.6. The molecule has 8 nitrogen and oxygen atoms in total. The van der Waals surface area contributed by atoms with Gasteiger partial charge in [0.2, 0.25) is 6.79 Å². The molecule has 142 valence electrons. The minimum atomic E-state index is -0.340. The Morgan fingerprint density at radius 2 is 1.89 bits per heavy atom. The molecule has 2 aromatic carbocycles. The molecule has 0 atom stereocenters. The molecule has 0 saturated heterocycles. The van der Waals surface area contributed by atoms with E-state index >= 15 is 0 Å². The first kappa shape index (κ1) is 17.6. The van der Waals surface area contributed by atoms with Gasteiger partial charge in [0.15, 0.2) is 11.5 Å². The number of aromatic nitrogens is 2. The van der Waals surface area contributed by atoms with Crippen LogP contribution in [0.25, 0.3) is 0 Å². The van der Waals surface area contributed by atoms with Crippen molar-refractivity contribution in [3.63, 3.8) is 0 Å². The van der Waals surface area contributed by atoms with E-state index in [9.17, 15) is 4.79 Å². The Labute approximate surface area is 161 Å². The van der Waals surface area contributed by atoms with Crippen molar-refractivity contribution >= 4 is 23.1 Å². The second-order valence-corrected chi connectivity index (χ2v) is 6.06. The number of anilines is 3. The number of carbonyl (C=O) groups is 1. The molecule has 8 heteroatoms. The first-order valence-corrected chi connectivity index (χ1v) is 8.58. The van der Waals surface area contributed by atoms with Gasteiger partial charge in [-0.3, -0.25) is 4.79 Å². The molecule has 1 aliphatic heterocycles. The van der Waals surface area contributed by atoms with Gasteiger partial charge in [0, 0.05) is 29.6 Å². The Morgan fingerprint density at radius 1 is 1.04 bits per heavy atom. The molecular formula is C20H18N4O4. The molecule has 4 rings (SSSR count). The highest BCUT2D eigenvalue weighted by molar-refractivity contribution is 6.03. The van der Waals surface area contributed by atoms with Crippen LogP contribution in [0.15, 0.2) is 48.5 Å². The Bertz CT molecular complexity index is 1040. The van der Waals surface area contributed by atoms with E-state index in [1.165, 1.54) is 0 Å². The smallest absolute Gasteiger partial charge is 0.274 e. The van der Waals surface area contributed by atoms with Crippen LogP contribution < -0.4 is 24.8 Å². The number of benzene rings is 2. The van der Waals surface area contributed by atoms with Gasteiger partial charge < -0.3 is 24.8 Å². The van der Waals surface area contributed by atoms with Gasteiger partial charge in [-0.25, -0.2) is 9.97 Å². The topological polar surface area (TPSA) is 94.6 Å². The van der Waals surface area contributed by atoms with E-state index in [1.807, 2.05) is 18.2 Å². The second-order valence-electron chi connectivity index (χ2n) is 6.06. The SMILES string of the molecule is COc1cccc(NC(=O)c2cc(Nc3ccc4c(c3)OCO4)nc(C)n2)c1. The summed E-state index contributed by atoms with van der Waals surface area (Å²) in [4.78, 5) is 21.2. The molecule has 0 bridgehead atoms.